The van der Waals surface area contributed by atoms with Crippen molar-refractivity contribution in [3.63, 3.8) is 0 Å². The van der Waals surface area contributed by atoms with Gasteiger partial charge in [-0.15, -0.1) is 0 Å². The lowest BCUT2D eigenvalue weighted by atomic mass is 10.5. The first-order valence-corrected chi connectivity index (χ1v) is 4.33. The van der Waals surface area contributed by atoms with E-state index >= 15 is 0 Å². The Bertz CT molecular complexity index is 177. The first kappa shape index (κ1) is 6.95. The second-order valence-electron chi connectivity index (χ2n) is 3.71. The topological polar surface area (TPSA) is 41.1 Å². The summed E-state index contributed by atoms with van der Waals surface area (Å²) in [6, 6.07) is 0.958. The predicted molar refractivity (Wildman–Crippen MR) is 42.3 cm³/mol. The van der Waals surface area contributed by atoms with Gasteiger partial charge in [0.25, 0.3) is 0 Å². The molecule has 0 aromatic carbocycles. The van der Waals surface area contributed by atoms with Crippen LogP contribution in [0.15, 0.2) is 0 Å². The summed E-state index contributed by atoms with van der Waals surface area (Å²) in [6.45, 7) is 2.15. The van der Waals surface area contributed by atoms with Crippen LogP contribution in [-0.4, -0.2) is 18.1 Å². The van der Waals surface area contributed by atoms with Crippen molar-refractivity contribution in [1.29, 1.82) is 0 Å². The number of carbonyl (C=O) groups is 1. The van der Waals surface area contributed by atoms with Crippen molar-refractivity contribution in [2.45, 2.75) is 38.3 Å². The Labute approximate surface area is 66.5 Å². The minimum absolute atomic E-state index is 0.0295. The van der Waals surface area contributed by atoms with E-state index in [0.717, 1.165) is 19.3 Å². The lowest BCUT2D eigenvalue weighted by Crippen LogP contribution is -2.38. The second-order valence-corrected chi connectivity index (χ2v) is 3.71. The van der Waals surface area contributed by atoms with E-state index < -0.39 is 0 Å². The maximum atomic E-state index is 11.1. The highest BCUT2D eigenvalue weighted by Crippen LogP contribution is 2.29. The molecule has 2 atom stereocenters. The largest absolute Gasteiger partial charge is 0.335 e. The standard InChI is InChI=1S/C8H14N2O/c1-5-4-7(5)10-8(11)9-6-2-3-6/h5-7H,2-4H2,1H3,(H2,9,10,11)/t5-,7-/m1/s1. The van der Waals surface area contributed by atoms with Crippen LogP contribution in [0.4, 0.5) is 4.79 Å². The molecule has 2 rings (SSSR count). The highest BCUT2D eigenvalue weighted by Gasteiger charge is 2.34. The van der Waals surface area contributed by atoms with Gasteiger partial charge in [0.05, 0.1) is 0 Å². The molecule has 3 heteroatoms. The van der Waals surface area contributed by atoms with Crippen molar-refractivity contribution in [3.8, 4) is 0 Å². The summed E-state index contributed by atoms with van der Waals surface area (Å²) in [5.41, 5.74) is 0. The van der Waals surface area contributed by atoms with Crippen LogP contribution in [0, 0.1) is 5.92 Å². The zero-order chi connectivity index (χ0) is 7.84. The average Bonchev–Trinajstić information content (AvgIpc) is 2.75. The van der Waals surface area contributed by atoms with E-state index in [1.807, 2.05) is 0 Å². The third-order valence-electron chi connectivity index (χ3n) is 2.34. The van der Waals surface area contributed by atoms with Crippen molar-refractivity contribution in [2.75, 3.05) is 0 Å². The third-order valence-corrected chi connectivity index (χ3v) is 2.34. The maximum Gasteiger partial charge on any atom is 0.315 e. The summed E-state index contributed by atoms with van der Waals surface area (Å²) in [6.07, 6.45) is 3.47. The van der Waals surface area contributed by atoms with E-state index in [4.69, 9.17) is 0 Å². The molecule has 0 unspecified atom stereocenters. The van der Waals surface area contributed by atoms with Crippen LogP contribution in [0.1, 0.15) is 26.2 Å². The molecule has 62 valence electrons. The van der Waals surface area contributed by atoms with Crippen molar-refractivity contribution in [1.82, 2.24) is 10.6 Å². The summed E-state index contributed by atoms with van der Waals surface area (Å²) < 4.78 is 0. The van der Waals surface area contributed by atoms with E-state index in [9.17, 15) is 4.79 Å². The number of hydrogen-bond acceptors (Lipinski definition) is 1. The SMILES string of the molecule is C[C@@H]1C[C@H]1NC(=O)NC1CC1. The molecule has 0 aromatic heterocycles. The Hall–Kier alpha value is -0.730. The molecular formula is C8H14N2O. The molecule has 0 saturated heterocycles. The number of urea groups is 1. The molecule has 2 amide bonds. The zero-order valence-electron chi connectivity index (χ0n) is 6.76. The fraction of sp³-hybridized carbons (Fsp3) is 0.875. The Balaban J connectivity index is 1.65. The molecule has 0 aromatic rings. The molecule has 0 radical (unpaired) electrons. The van der Waals surface area contributed by atoms with Crippen LogP contribution in [-0.2, 0) is 0 Å². The quantitative estimate of drug-likeness (QED) is 0.608. The smallest absolute Gasteiger partial charge is 0.315 e. The van der Waals surface area contributed by atoms with E-state index in [1.54, 1.807) is 0 Å². The fourth-order valence-electron chi connectivity index (χ4n) is 1.15. The molecule has 2 aliphatic carbocycles. The van der Waals surface area contributed by atoms with Crippen molar-refractivity contribution in [3.05, 3.63) is 0 Å². The van der Waals surface area contributed by atoms with E-state index in [0.29, 0.717) is 18.0 Å². The first-order chi connectivity index (χ1) is 5.25. The molecule has 0 aliphatic heterocycles. The van der Waals surface area contributed by atoms with Gasteiger partial charge < -0.3 is 10.6 Å². The number of carbonyl (C=O) groups excluding carboxylic acids is 1. The van der Waals surface area contributed by atoms with Gasteiger partial charge in [0, 0.05) is 12.1 Å². The Morgan fingerprint density at radius 3 is 2.45 bits per heavy atom. The van der Waals surface area contributed by atoms with Crippen LogP contribution < -0.4 is 10.6 Å². The lowest BCUT2D eigenvalue weighted by Gasteiger charge is -2.04. The van der Waals surface area contributed by atoms with Crippen LogP contribution in [0.25, 0.3) is 0 Å². The van der Waals surface area contributed by atoms with Crippen LogP contribution in [0.5, 0.6) is 0 Å². The molecule has 0 heterocycles. The summed E-state index contributed by atoms with van der Waals surface area (Å²) in [7, 11) is 0. The first-order valence-electron chi connectivity index (χ1n) is 4.33. The van der Waals surface area contributed by atoms with E-state index in [-0.39, 0.29) is 6.03 Å². The number of hydrogen-bond donors (Lipinski definition) is 2. The number of rotatable bonds is 2. The number of amides is 2. The van der Waals surface area contributed by atoms with Gasteiger partial charge in [-0.2, -0.15) is 0 Å². The molecule has 0 spiro atoms. The molecule has 3 nitrogen and oxygen atoms in total. The van der Waals surface area contributed by atoms with Crippen molar-refractivity contribution >= 4 is 6.03 Å². The lowest BCUT2D eigenvalue weighted by molar-refractivity contribution is 0.239. The van der Waals surface area contributed by atoms with E-state index in [1.165, 1.54) is 0 Å². The highest BCUT2D eigenvalue weighted by atomic mass is 16.2. The molecular weight excluding hydrogens is 140 g/mol. The summed E-state index contributed by atoms with van der Waals surface area (Å²) in [5, 5.41) is 5.82. The normalized spacial score (nSPS) is 34.6. The average molecular weight is 154 g/mol. The van der Waals surface area contributed by atoms with Gasteiger partial charge in [-0.1, -0.05) is 6.92 Å². The summed E-state index contributed by atoms with van der Waals surface area (Å²) in [4.78, 5) is 11.1. The van der Waals surface area contributed by atoms with Gasteiger partial charge in [0.1, 0.15) is 0 Å². The Morgan fingerprint density at radius 1 is 1.36 bits per heavy atom. The van der Waals surface area contributed by atoms with Crippen molar-refractivity contribution < 1.29 is 4.79 Å². The van der Waals surface area contributed by atoms with Crippen LogP contribution >= 0.6 is 0 Å². The van der Waals surface area contributed by atoms with Crippen LogP contribution in [0.3, 0.4) is 0 Å². The molecule has 2 fully saturated rings. The summed E-state index contributed by atoms with van der Waals surface area (Å²) >= 11 is 0. The minimum atomic E-state index is 0.0295. The van der Waals surface area contributed by atoms with Gasteiger partial charge in [-0.25, -0.2) is 4.79 Å². The molecule has 0 bridgehead atoms. The van der Waals surface area contributed by atoms with Gasteiger partial charge in [-0.05, 0) is 25.2 Å². The summed E-state index contributed by atoms with van der Waals surface area (Å²) in [5.74, 6) is 0.694. The van der Waals surface area contributed by atoms with Gasteiger partial charge in [0.2, 0.25) is 0 Å². The Kier molecular flexibility index (Phi) is 1.51. The third kappa shape index (κ3) is 1.85. The maximum absolute atomic E-state index is 11.1. The molecule has 2 N–H and O–H groups in total. The fourth-order valence-corrected chi connectivity index (χ4v) is 1.15. The Morgan fingerprint density at radius 2 is 2.00 bits per heavy atom. The molecule has 11 heavy (non-hydrogen) atoms. The van der Waals surface area contributed by atoms with Crippen molar-refractivity contribution in [2.24, 2.45) is 5.92 Å². The van der Waals surface area contributed by atoms with Gasteiger partial charge in [0.15, 0.2) is 0 Å². The predicted octanol–water partition coefficient (Wildman–Crippen LogP) is 0.856. The molecule has 2 saturated carbocycles. The second kappa shape index (κ2) is 2.40. The number of nitrogens with one attached hydrogen (secondary N) is 2. The van der Waals surface area contributed by atoms with E-state index in [2.05, 4.69) is 17.6 Å². The van der Waals surface area contributed by atoms with Crippen LogP contribution in [0.2, 0.25) is 0 Å². The monoisotopic (exact) mass is 154 g/mol. The zero-order valence-corrected chi connectivity index (χ0v) is 6.76. The molecule has 2 aliphatic rings. The van der Waals surface area contributed by atoms with Gasteiger partial charge in [-0.3, -0.25) is 0 Å². The highest BCUT2D eigenvalue weighted by molar-refractivity contribution is 5.75. The minimum Gasteiger partial charge on any atom is -0.335 e. The van der Waals surface area contributed by atoms with Gasteiger partial charge >= 0.3 is 6.03 Å².